The molecule has 100 valence electrons. The van der Waals surface area contributed by atoms with Crippen molar-refractivity contribution in [3.05, 3.63) is 56.4 Å². The number of benzene rings is 1. The summed E-state index contributed by atoms with van der Waals surface area (Å²) in [6, 6.07) is 4.67. The van der Waals surface area contributed by atoms with Gasteiger partial charge in [-0.3, -0.25) is 4.79 Å². The molecule has 1 aromatic carbocycles. The van der Waals surface area contributed by atoms with Gasteiger partial charge in [0.1, 0.15) is 0 Å². The minimum atomic E-state index is -4.62. The zero-order valence-corrected chi connectivity index (χ0v) is 10.6. The lowest BCUT2D eigenvalue weighted by Gasteiger charge is -2.09. The first kappa shape index (κ1) is 13.9. The Kier molecular flexibility index (Phi) is 3.56. The van der Waals surface area contributed by atoms with Crippen LogP contribution in [0.25, 0.3) is 5.69 Å². The highest BCUT2D eigenvalue weighted by Gasteiger charge is 2.31. The molecule has 0 amide bonds. The summed E-state index contributed by atoms with van der Waals surface area (Å²) in [5.41, 5.74) is -1.89. The molecule has 1 heterocycles. The predicted molar refractivity (Wildman–Crippen MR) is 64.9 cm³/mol. The van der Waals surface area contributed by atoms with E-state index in [1.165, 1.54) is 18.2 Å². The van der Waals surface area contributed by atoms with Gasteiger partial charge in [0.2, 0.25) is 0 Å². The maximum absolute atomic E-state index is 12.4. The van der Waals surface area contributed by atoms with Gasteiger partial charge in [-0.2, -0.15) is 23.0 Å². The number of alkyl halides is 3. The third kappa shape index (κ3) is 2.90. The Balaban J connectivity index is 2.56. The van der Waals surface area contributed by atoms with Crippen molar-refractivity contribution in [2.24, 2.45) is 0 Å². The van der Waals surface area contributed by atoms with Crippen LogP contribution in [0.2, 0.25) is 10.0 Å². The summed E-state index contributed by atoms with van der Waals surface area (Å²) in [6.07, 6.45) is -4.05. The summed E-state index contributed by atoms with van der Waals surface area (Å²) >= 11 is 11.5. The third-order valence-corrected chi connectivity index (χ3v) is 2.80. The Morgan fingerprint density at radius 1 is 1.16 bits per heavy atom. The Bertz CT molecular complexity index is 682. The molecule has 2 rings (SSSR count). The fourth-order valence-electron chi connectivity index (χ4n) is 1.40. The molecule has 0 N–H and O–H groups in total. The van der Waals surface area contributed by atoms with Crippen molar-refractivity contribution in [2.45, 2.75) is 6.18 Å². The first-order chi connectivity index (χ1) is 8.79. The van der Waals surface area contributed by atoms with Gasteiger partial charge in [-0.15, -0.1) is 0 Å². The smallest absolute Gasteiger partial charge is 0.267 e. The van der Waals surface area contributed by atoms with E-state index in [2.05, 4.69) is 5.10 Å². The molecular weight excluding hydrogens is 304 g/mol. The van der Waals surface area contributed by atoms with Crippen molar-refractivity contribution in [2.75, 3.05) is 0 Å². The Hall–Kier alpha value is -1.53. The molecule has 3 nitrogen and oxygen atoms in total. The Labute approximate surface area is 115 Å². The summed E-state index contributed by atoms with van der Waals surface area (Å²) in [5, 5.41) is 3.92. The number of aromatic nitrogens is 2. The molecule has 0 bridgehead atoms. The first-order valence-corrected chi connectivity index (χ1v) is 5.66. The molecule has 0 atom stereocenters. The average molecular weight is 309 g/mol. The lowest BCUT2D eigenvalue weighted by Crippen LogP contribution is -2.23. The van der Waals surface area contributed by atoms with E-state index in [9.17, 15) is 18.0 Å². The second kappa shape index (κ2) is 4.86. The molecule has 19 heavy (non-hydrogen) atoms. The van der Waals surface area contributed by atoms with Gasteiger partial charge in [0, 0.05) is 11.1 Å². The molecule has 0 saturated heterocycles. The van der Waals surface area contributed by atoms with Crippen LogP contribution in [0.3, 0.4) is 0 Å². The normalized spacial score (nSPS) is 11.6. The lowest BCUT2D eigenvalue weighted by molar-refractivity contribution is -0.138. The molecule has 0 unspecified atom stereocenters. The minimum absolute atomic E-state index is 0.113. The van der Waals surface area contributed by atoms with Gasteiger partial charge in [0.05, 0.1) is 22.5 Å². The molecular formula is C11H5Cl2F3N2O. The van der Waals surface area contributed by atoms with Crippen LogP contribution in [-0.4, -0.2) is 9.78 Å². The van der Waals surface area contributed by atoms with Gasteiger partial charge >= 0.3 is 6.18 Å². The molecule has 0 aliphatic heterocycles. The number of hydrogen-bond acceptors (Lipinski definition) is 2. The highest BCUT2D eigenvalue weighted by atomic mass is 35.5. The molecule has 0 fully saturated rings. The van der Waals surface area contributed by atoms with Gasteiger partial charge in [0.25, 0.3) is 5.56 Å². The average Bonchev–Trinajstić information content (AvgIpc) is 2.28. The van der Waals surface area contributed by atoms with Crippen LogP contribution < -0.4 is 5.56 Å². The number of halogens is 5. The van der Waals surface area contributed by atoms with Gasteiger partial charge in [-0.1, -0.05) is 23.2 Å². The number of nitrogens with zero attached hydrogens (tertiary/aromatic N) is 2. The van der Waals surface area contributed by atoms with Crippen LogP contribution in [0, 0.1) is 0 Å². The monoisotopic (exact) mass is 308 g/mol. The maximum Gasteiger partial charge on any atom is 0.418 e. The van der Waals surface area contributed by atoms with E-state index in [1.807, 2.05) is 0 Å². The predicted octanol–water partition coefficient (Wildman–Crippen LogP) is 3.56. The second-order valence-electron chi connectivity index (χ2n) is 3.59. The van der Waals surface area contributed by atoms with E-state index >= 15 is 0 Å². The van der Waals surface area contributed by atoms with Crippen LogP contribution in [0.5, 0.6) is 0 Å². The standard InChI is InChI=1S/C11H5Cl2F3N2O/c12-7-1-2-9(8(13)4-7)18-10(19)3-6(5-17-18)11(14,15)16/h1-5H. The van der Waals surface area contributed by atoms with E-state index in [0.29, 0.717) is 17.3 Å². The molecule has 0 aliphatic rings. The molecule has 0 aliphatic carbocycles. The fourth-order valence-corrected chi connectivity index (χ4v) is 1.89. The topological polar surface area (TPSA) is 34.9 Å². The molecule has 0 spiro atoms. The number of hydrogen-bond donors (Lipinski definition) is 0. The van der Waals surface area contributed by atoms with E-state index < -0.39 is 17.3 Å². The summed E-state index contributed by atoms with van der Waals surface area (Å²) in [6.45, 7) is 0. The van der Waals surface area contributed by atoms with E-state index in [1.54, 1.807) is 0 Å². The molecule has 0 radical (unpaired) electrons. The molecule has 0 saturated carbocycles. The van der Waals surface area contributed by atoms with Gasteiger partial charge in [0.15, 0.2) is 0 Å². The minimum Gasteiger partial charge on any atom is -0.267 e. The van der Waals surface area contributed by atoms with Crippen molar-refractivity contribution >= 4 is 23.2 Å². The lowest BCUT2D eigenvalue weighted by atomic mass is 10.3. The Morgan fingerprint density at radius 3 is 2.37 bits per heavy atom. The summed E-state index contributed by atoms with van der Waals surface area (Å²) in [5.74, 6) is 0. The van der Waals surface area contributed by atoms with Crippen molar-refractivity contribution < 1.29 is 13.2 Å². The Morgan fingerprint density at radius 2 is 1.84 bits per heavy atom. The summed E-state index contributed by atoms with van der Waals surface area (Å²) in [7, 11) is 0. The van der Waals surface area contributed by atoms with E-state index in [4.69, 9.17) is 23.2 Å². The SMILES string of the molecule is O=c1cc(C(F)(F)F)cnn1-c1ccc(Cl)cc1Cl. The highest BCUT2D eigenvalue weighted by Crippen LogP contribution is 2.28. The quantitative estimate of drug-likeness (QED) is 0.807. The zero-order valence-electron chi connectivity index (χ0n) is 9.08. The summed E-state index contributed by atoms with van der Waals surface area (Å²) < 4.78 is 38.0. The second-order valence-corrected chi connectivity index (χ2v) is 4.43. The fraction of sp³-hybridized carbons (Fsp3) is 0.0909. The van der Waals surface area contributed by atoms with Gasteiger partial charge < -0.3 is 0 Å². The van der Waals surface area contributed by atoms with Gasteiger partial charge in [-0.25, -0.2) is 0 Å². The highest BCUT2D eigenvalue weighted by molar-refractivity contribution is 6.35. The van der Waals surface area contributed by atoms with Crippen LogP contribution in [0.15, 0.2) is 35.3 Å². The van der Waals surface area contributed by atoms with Crippen molar-refractivity contribution in [1.29, 1.82) is 0 Å². The van der Waals surface area contributed by atoms with Crippen molar-refractivity contribution in [3.8, 4) is 5.69 Å². The zero-order chi connectivity index (χ0) is 14.2. The van der Waals surface area contributed by atoms with Crippen molar-refractivity contribution in [1.82, 2.24) is 9.78 Å². The molecule has 8 heteroatoms. The molecule has 2 aromatic rings. The van der Waals surface area contributed by atoms with E-state index in [-0.39, 0.29) is 10.7 Å². The first-order valence-electron chi connectivity index (χ1n) is 4.91. The summed E-state index contributed by atoms with van der Waals surface area (Å²) in [4.78, 5) is 11.6. The number of rotatable bonds is 1. The third-order valence-electron chi connectivity index (χ3n) is 2.27. The molecule has 1 aromatic heterocycles. The van der Waals surface area contributed by atoms with E-state index in [0.717, 1.165) is 4.68 Å². The maximum atomic E-state index is 12.4. The van der Waals surface area contributed by atoms with Crippen LogP contribution >= 0.6 is 23.2 Å². The van der Waals surface area contributed by atoms with Crippen molar-refractivity contribution in [3.63, 3.8) is 0 Å². The van der Waals surface area contributed by atoms with Gasteiger partial charge in [-0.05, 0) is 18.2 Å². The largest absolute Gasteiger partial charge is 0.418 e. The van der Waals surface area contributed by atoms with Crippen LogP contribution in [0.4, 0.5) is 13.2 Å². The van der Waals surface area contributed by atoms with Crippen LogP contribution in [-0.2, 0) is 6.18 Å². The van der Waals surface area contributed by atoms with Crippen LogP contribution in [0.1, 0.15) is 5.56 Å².